The fourth-order valence-electron chi connectivity index (χ4n) is 4.68. The summed E-state index contributed by atoms with van der Waals surface area (Å²) in [6, 6.07) is 15.0. The van der Waals surface area contributed by atoms with E-state index < -0.39 is 0 Å². The van der Waals surface area contributed by atoms with Crippen molar-refractivity contribution in [2.45, 2.75) is 38.1 Å². The molecule has 0 aromatic heterocycles. The van der Waals surface area contributed by atoms with E-state index in [2.05, 4.69) is 35.6 Å². The number of carbonyl (C=O) groups excluding carboxylic acids is 1. The lowest BCUT2D eigenvalue weighted by molar-refractivity contribution is -0.937. The Bertz CT molecular complexity index is 844. The topological polar surface area (TPSA) is 52.0 Å². The number of fused-ring (bicyclic) bond motifs is 1. The quantitative estimate of drug-likeness (QED) is 0.734. The van der Waals surface area contributed by atoms with Crippen LogP contribution in [0.3, 0.4) is 0 Å². The molecule has 0 spiro atoms. The van der Waals surface area contributed by atoms with Crippen LogP contribution >= 0.6 is 0 Å². The third-order valence-electron chi connectivity index (χ3n) is 6.43. The van der Waals surface area contributed by atoms with E-state index >= 15 is 0 Å². The van der Waals surface area contributed by atoms with Crippen molar-refractivity contribution in [3.8, 4) is 5.75 Å². The van der Waals surface area contributed by atoms with Crippen LogP contribution in [0, 0.1) is 0 Å². The highest BCUT2D eigenvalue weighted by molar-refractivity contribution is 5.78. The van der Waals surface area contributed by atoms with Crippen LogP contribution in [0.25, 0.3) is 0 Å². The number of carbonyl (C=O) groups is 1. The fourth-order valence-corrected chi connectivity index (χ4v) is 4.68. The number of rotatable bonds is 7. The number of amides is 1. The minimum absolute atomic E-state index is 0.0944. The van der Waals surface area contributed by atoms with Gasteiger partial charge in [0.1, 0.15) is 24.9 Å². The Kier molecular flexibility index (Phi) is 7.03. The van der Waals surface area contributed by atoms with E-state index in [-0.39, 0.29) is 11.9 Å². The summed E-state index contributed by atoms with van der Waals surface area (Å²) in [5.41, 5.74) is 5.23. The highest BCUT2D eigenvalue weighted by atomic mass is 16.5. The lowest BCUT2D eigenvalue weighted by Crippen LogP contribution is -3.15. The zero-order valence-electron chi connectivity index (χ0n) is 17.9. The van der Waals surface area contributed by atoms with E-state index in [0.717, 1.165) is 44.0 Å². The van der Waals surface area contributed by atoms with Gasteiger partial charge in [-0.2, -0.15) is 0 Å². The SMILES string of the molecule is COc1ccc([C@@H](CNC(=O)Cc2ccc3c(c2)CCCC3)[NH+]2CCOCC2)cc1. The summed E-state index contributed by atoms with van der Waals surface area (Å²) in [7, 11) is 1.68. The first-order valence-corrected chi connectivity index (χ1v) is 11.2. The maximum atomic E-state index is 12.7. The van der Waals surface area contributed by atoms with Gasteiger partial charge in [-0.15, -0.1) is 0 Å². The largest absolute Gasteiger partial charge is 0.497 e. The Hall–Kier alpha value is -2.37. The number of hydrogen-bond acceptors (Lipinski definition) is 3. The van der Waals surface area contributed by atoms with Crippen molar-refractivity contribution in [2.24, 2.45) is 0 Å². The molecule has 1 fully saturated rings. The van der Waals surface area contributed by atoms with E-state index in [1.165, 1.54) is 40.9 Å². The Morgan fingerprint density at radius 1 is 1.07 bits per heavy atom. The molecule has 1 atom stereocenters. The predicted molar refractivity (Wildman–Crippen MR) is 117 cm³/mol. The number of hydrogen-bond donors (Lipinski definition) is 2. The first-order chi connectivity index (χ1) is 14.7. The summed E-state index contributed by atoms with van der Waals surface area (Å²) in [5.74, 6) is 0.947. The molecular weight excluding hydrogens is 376 g/mol. The first-order valence-electron chi connectivity index (χ1n) is 11.2. The molecule has 5 nitrogen and oxygen atoms in total. The molecule has 2 aromatic rings. The van der Waals surface area contributed by atoms with E-state index in [9.17, 15) is 4.79 Å². The minimum atomic E-state index is 0.0944. The van der Waals surface area contributed by atoms with Crippen LogP contribution in [-0.2, 0) is 28.8 Å². The number of nitrogens with one attached hydrogen (secondary N) is 2. The monoisotopic (exact) mass is 409 g/mol. The lowest BCUT2D eigenvalue weighted by atomic mass is 9.90. The van der Waals surface area contributed by atoms with Gasteiger partial charge >= 0.3 is 0 Å². The Labute approximate surface area is 179 Å². The van der Waals surface area contributed by atoms with Crippen molar-refractivity contribution < 1.29 is 19.2 Å². The fraction of sp³-hybridized carbons (Fsp3) is 0.480. The van der Waals surface area contributed by atoms with Crippen molar-refractivity contribution in [1.82, 2.24) is 5.32 Å². The van der Waals surface area contributed by atoms with Gasteiger partial charge in [-0.05, 0) is 66.6 Å². The smallest absolute Gasteiger partial charge is 0.224 e. The highest BCUT2D eigenvalue weighted by Crippen LogP contribution is 2.22. The van der Waals surface area contributed by atoms with Crippen LogP contribution < -0.4 is 15.0 Å². The molecule has 30 heavy (non-hydrogen) atoms. The predicted octanol–water partition coefficient (Wildman–Crippen LogP) is 1.89. The Morgan fingerprint density at radius 3 is 2.53 bits per heavy atom. The third-order valence-corrected chi connectivity index (χ3v) is 6.43. The van der Waals surface area contributed by atoms with Gasteiger partial charge < -0.3 is 19.7 Å². The van der Waals surface area contributed by atoms with Gasteiger partial charge in [-0.3, -0.25) is 4.79 Å². The standard InChI is InChI=1S/C25H32N2O3/c1-29-23-10-8-21(9-11-23)24(27-12-14-30-15-13-27)18-26-25(28)17-19-6-7-20-4-2-3-5-22(20)16-19/h6-11,16,24H,2-5,12-15,17-18H2,1H3,(H,26,28)/p+1/t24-/m1/s1. The molecule has 4 rings (SSSR count). The Balaban J connectivity index is 1.40. The van der Waals surface area contributed by atoms with Crippen LogP contribution in [0.15, 0.2) is 42.5 Å². The minimum Gasteiger partial charge on any atom is -0.497 e. The molecule has 5 heteroatoms. The second-order valence-corrected chi connectivity index (χ2v) is 8.39. The van der Waals surface area contributed by atoms with E-state index in [0.29, 0.717) is 13.0 Å². The summed E-state index contributed by atoms with van der Waals surface area (Å²) >= 11 is 0. The van der Waals surface area contributed by atoms with Crippen LogP contribution in [0.1, 0.15) is 41.1 Å². The molecular formula is C25H33N2O3+. The van der Waals surface area contributed by atoms with Gasteiger partial charge in [-0.1, -0.05) is 18.2 Å². The molecule has 1 aliphatic carbocycles. The lowest BCUT2D eigenvalue weighted by Gasteiger charge is -2.32. The van der Waals surface area contributed by atoms with Gasteiger partial charge in [0.15, 0.2) is 0 Å². The molecule has 0 saturated carbocycles. The molecule has 2 N–H and O–H groups in total. The normalized spacial score (nSPS) is 17.8. The van der Waals surface area contributed by atoms with Gasteiger partial charge in [-0.25, -0.2) is 0 Å². The van der Waals surface area contributed by atoms with E-state index in [1.54, 1.807) is 7.11 Å². The molecule has 1 saturated heterocycles. The highest BCUT2D eigenvalue weighted by Gasteiger charge is 2.27. The van der Waals surface area contributed by atoms with Crippen molar-refractivity contribution in [2.75, 3.05) is 40.0 Å². The van der Waals surface area contributed by atoms with Crippen molar-refractivity contribution in [3.63, 3.8) is 0 Å². The van der Waals surface area contributed by atoms with Gasteiger partial charge in [0.05, 0.1) is 33.3 Å². The van der Waals surface area contributed by atoms with Crippen LogP contribution in [0.5, 0.6) is 5.75 Å². The molecule has 1 heterocycles. The summed E-state index contributed by atoms with van der Waals surface area (Å²) in [5, 5.41) is 3.20. The molecule has 160 valence electrons. The van der Waals surface area contributed by atoms with Crippen molar-refractivity contribution in [1.29, 1.82) is 0 Å². The maximum Gasteiger partial charge on any atom is 0.224 e. The van der Waals surface area contributed by atoms with Gasteiger partial charge in [0, 0.05) is 5.56 Å². The third kappa shape index (κ3) is 5.21. The summed E-state index contributed by atoms with van der Waals surface area (Å²) in [6.45, 7) is 4.08. The summed E-state index contributed by atoms with van der Waals surface area (Å²) < 4.78 is 10.8. The number of quaternary nitrogens is 1. The molecule has 2 aromatic carbocycles. The van der Waals surface area contributed by atoms with Crippen molar-refractivity contribution >= 4 is 5.91 Å². The Morgan fingerprint density at radius 2 is 1.80 bits per heavy atom. The molecule has 1 amide bonds. The van der Waals surface area contributed by atoms with Crippen LogP contribution in [0.2, 0.25) is 0 Å². The van der Waals surface area contributed by atoms with Gasteiger partial charge in [0.25, 0.3) is 0 Å². The number of aryl methyl sites for hydroxylation is 2. The molecule has 1 aliphatic heterocycles. The number of benzene rings is 2. The van der Waals surface area contributed by atoms with Crippen molar-refractivity contribution in [3.05, 3.63) is 64.7 Å². The maximum absolute atomic E-state index is 12.7. The molecule has 2 aliphatic rings. The second-order valence-electron chi connectivity index (χ2n) is 8.39. The first kappa shape index (κ1) is 20.9. The van der Waals surface area contributed by atoms with Gasteiger partial charge in [0.2, 0.25) is 5.91 Å². The molecule has 0 bridgehead atoms. The summed E-state index contributed by atoms with van der Waals surface area (Å²) in [4.78, 5) is 14.2. The summed E-state index contributed by atoms with van der Waals surface area (Å²) in [6.07, 6.45) is 5.30. The molecule has 0 unspecified atom stereocenters. The molecule has 0 radical (unpaired) electrons. The van der Waals surface area contributed by atoms with E-state index in [4.69, 9.17) is 9.47 Å². The second kappa shape index (κ2) is 10.1. The average molecular weight is 410 g/mol. The van der Waals surface area contributed by atoms with Crippen LogP contribution in [0.4, 0.5) is 0 Å². The number of methoxy groups -OCH3 is 1. The van der Waals surface area contributed by atoms with Crippen LogP contribution in [-0.4, -0.2) is 45.9 Å². The zero-order valence-corrected chi connectivity index (χ0v) is 17.9. The number of ether oxygens (including phenoxy) is 2. The van der Waals surface area contributed by atoms with E-state index in [1.807, 2.05) is 12.1 Å². The zero-order chi connectivity index (χ0) is 20.8. The average Bonchev–Trinajstić information content (AvgIpc) is 2.80. The number of morpholine rings is 1.